The van der Waals surface area contributed by atoms with Crippen molar-refractivity contribution in [2.75, 3.05) is 0 Å². The van der Waals surface area contributed by atoms with Crippen LogP contribution >= 0.6 is 0 Å². The maximum absolute atomic E-state index is 9.31. The maximum Gasteiger partial charge on any atom is 0.0992 e. The van der Waals surface area contributed by atoms with E-state index in [1.54, 1.807) is 18.3 Å². The molecular weight excluding hydrogens is 356 g/mol. The number of benzene rings is 3. The van der Waals surface area contributed by atoms with Crippen molar-refractivity contribution < 1.29 is 0 Å². The van der Waals surface area contributed by atoms with Crippen LogP contribution in [0.25, 0.3) is 38.8 Å². The van der Waals surface area contributed by atoms with Crippen LogP contribution in [0.15, 0.2) is 85.1 Å². The van der Waals surface area contributed by atoms with E-state index in [1.165, 1.54) is 0 Å². The first-order valence-corrected chi connectivity index (χ1v) is 9.19. The van der Waals surface area contributed by atoms with Crippen molar-refractivity contribution >= 4 is 21.8 Å². The molecule has 4 heteroatoms. The van der Waals surface area contributed by atoms with Crippen LogP contribution in [0.4, 0.5) is 0 Å². The van der Waals surface area contributed by atoms with Gasteiger partial charge in [0.25, 0.3) is 0 Å². The third kappa shape index (κ3) is 2.72. The van der Waals surface area contributed by atoms with Gasteiger partial charge < -0.3 is 4.57 Å². The first kappa shape index (κ1) is 16.7. The van der Waals surface area contributed by atoms with Gasteiger partial charge in [0.1, 0.15) is 0 Å². The maximum atomic E-state index is 9.31. The molecule has 0 aliphatic heterocycles. The van der Waals surface area contributed by atoms with Crippen molar-refractivity contribution in [1.29, 1.82) is 10.5 Å². The molecule has 5 aromatic rings. The fourth-order valence-corrected chi connectivity index (χ4v) is 3.78. The Morgan fingerprint density at radius 1 is 0.690 bits per heavy atom. The SMILES string of the molecule is N#Cc1ccnc(-c2cccc(-n3c4ccccc4c4cc(C#N)ccc43)c2)c1. The van der Waals surface area contributed by atoms with E-state index in [0.29, 0.717) is 11.1 Å². The van der Waals surface area contributed by atoms with Crippen molar-refractivity contribution in [2.24, 2.45) is 0 Å². The van der Waals surface area contributed by atoms with Gasteiger partial charge in [-0.05, 0) is 48.5 Å². The lowest BCUT2D eigenvalue weighted by atomic mass is 10.1. The molecule has 2 heterocycles. The number of hydrogen-bond acceptors (Lipinski definition) is 3. The van der Waals surface area contributed by atoms with Crippen LogP contribution in [0.2, 0.25) is 0 Å². The Labute approximate surface area is 167 Å². The van der Waals surface area contributed by atoms with Gasteiger partial charge in [-0.15, -0.1) is 0 Å². The highest BCUT2D eigenvalue weighted by Gasteiger charge is 2.13. The van der Waals surface area contributed by atoms with Gasteiger partial charge in [-0.3, -0.25) is 4.98 Å². The zero-order valence-electron chi connectivity index (χ0n) is 15.4. The normalized spacial score (nSPS) is 10.7. The van der Waals surface area contributed by atoms with E-state index < -0.39 is 0 Å². The molecule has 4 nitrogen and oxygen atoms in total. The fraction of sp³-hybridized carbons (Fsp3) is 0. The second-order valence-corrected chi connectivity index (χ2v) is 6.79. The highest BCUT2D eigenvalue weighted by atomic mass is 15.0. The number of fused-ring (bicyclic) bond motifs is 3. The van der Waals surface area contributed by atoms with Gasteiger partial charge >= 0.3 is 0 Å². The van der Waals surface area contributed by atoms with E-state index in [-0.39, 0.29) is 0 Å². The molecule has 0 bridgehead atoms. The van der Waals surface area contributed by atoms with E-state index in [9.17, 15) is 10.5 Å². The lowest BCUT2D eigenvalue weighted by molar-refractivity contribution is 1.18. The molecule has 0 radical (unpaired) electrons. The van der Waals surface area contributed by atoms with E-state index >= 15 is 0 Å². The van der Waals surface area contributed by atoms with Gasteiger partial charge in [0.05, 0.1) is 40.0 Å². The highest BCUT2D eigenvalue weighted by Crippen LogP contribution is 2.33. The smallest absolute Gasteiger partial charge is 0.0992 e. The third-order valence-corrected chi connectivity index (χ3v) is 5.09. The average Bonchev–Trinajstić information content (AvgIpc) is 3.13. The molecule has 0 unspecified atom stereocenters. The summed E-state index contributed by atoms with van der Waals surface area (Å²) in [6.07, 6.45) is 1.66. The predicted molar refractivity (Wildman–Crippen MR) is 113 cm³/mol. The number of aromatic nitrogens is 2. The minimum absolute atomic E-state index is 0.585. The molecule has 5 rings (SSSR count). The molecule has 0 atom stereocenters. The minimum atomic E-state index is 0.585. The van der Waals surface area contributed by atoms with E-state index in [0.717, 1.165) is 38.8 Å². The number of hydrogen-bond donors (Lipinski definition) is 0. The van der Waals surface area contributed by atoms with E-state index in [2.05, 4.69) is 46.0 Å². The molecular formula is C25H14N4. The molecule has 29 heavy (non-hydrogen) atoms. The van der Waals surface area contributed by atoms with Crippen molar-refractivity contribution in [2.45, 2.75) is 0 Å². The Morgan fingerprint density at radius 2 is 1.48 bits per heavy atom. The molecule has 2 aromatic heterocycles. The molecule has 0 saturated heterocycles. The highest BCUT2D eigenvalue weighted by molar-refractivity contribution is 6.09. The topological polar surface area (TPSA) is 65.4 Å². The number of nitriles is 2. The van der Waals surface area contributed by atoms with Crippen LogP contribution in [0.1, 0.15) is 11.1 Å². The lowest BCUT2D eigenvalue weighted by Crippen LogP contribution is -1.95. The van der Waals surface area contributed by atoms with Crippen LogP contribution in [0.3, 0.4) is 0 Å². The first-order valence-electron chi connectivity index (χ1n) is 9.19. The largest absolute Gasteiger partial charge is 0.309 e. The number of nitrogens with zero attached hydrogens (tertiary/aromatic N) is 4. The summed E-state index contributed by atoms with van der Waals surface area (Å²) in [4.78, 5) is 4.43. The standard InChI is InChI=1S/C25H14N4/c26-15-17-8-9-25-22(12-17)21-6-1-2-7-24(21)29(25)20-5-3-4-19(14-20)23-13-18(16-27)10-11-28-23/h1-14H. The fourth-order valence-electron chi connectivity index (χ4n) is 3.78. The van der Waals surface area contributed by atoms with E-state index in [1.807, 2.05) is 42.5 Å². The molecule has 0 aliphatic carbocycles. The summed E-state index contributed by atoms with van der Waals surface area (Å²) < 4.78 is 2.20. The molecule has 0 aliphatic rings. The summed E-state index contributed by atoms with van der Waals surface area (Å²) in [6.45, 7) is 0. The zero-order valence-corrected chi connectivity index (χ0v) is 15.4. The zero-order chi connectivity index (χ0) is 19.8. The van der Waals surface area contributed by atoms with Crippen molar-refractivity contribution in [1.82, 2.24) is 9.55 Å². The number of para-hydroxylation sites is 1. The second-order valence-electron chi connectivity index (χ2n) is 6.79. The molecule has 0 fully saturated rings. The van der Waals surface area contributed by atoms with Crippen LogP contribution in [0.5, 0.6) is 0 Å². The van der Waals surface area contributed by atoms with Crippen LogP contribution < -0.4 is 0 Å². The van der Waals surface area contributed by atoms with Crippen LogP contribution in [-0.2, 0) is 0 Å². The molecule has 0 spiro atoms. The summed E-state index contributed by atoms with van der Waals surface area (Å²) in [5, 5.41) is 20.7. The number of pyridine rings is 1. The summed E-state index contributed by atoms with van der Waals surface area (Å²) in [5.74, 6) is 0. The van der Waals surface area contributed by atoms with Crippen molar-refractivity contribution in [3.8, 4) is 29.1 Å². The average molecular weight is 370 g/mol. The summed E-state index contributed by atoms with van der Waals surface area (Å²) >= 11 is 0. The van der Waals surface area contributed by atoms with Crippen molar-refractivity contribution in [3.05, 3.63) is 96.2 Å². The second kappa shape index (κ2) is 6.64. The molecule has 0 N–H and O–H groups in total. The molecule has 0 amide bonds. The molecule has 0 saturated carbocycles. The van der Waals surface area contributed by atoms with E-state index in [4.69, 9.17) is 0 Å². The van der Waals surface area contributed by atoms with Gasteiger partial charge in [-0.25, -0.2) is 0 Å². The van der Waals surface area contributed by atoms with Gasteiger partial charge in [0.2, 0.25) is 0 Å². The van der Waals surface area contributed by atoms with Gasteiger partial charge in [-0.2, -0.15) is 10.5 Å². The van der Waals surface area contributed by atoms with Gasteiger partial charge in [-0.1, -0.05) is 30.3 Å². The van der Waals surface area contributed by atoms with Gasteiger partial charge in [0, 0.05) is 28.2 Å². The lowest BCUT2D eigenvalue weighted by Gasteiger charge is -2.10. The number of rotatable bonds is 2. The van der Waals surface area contributed by atoms with Crippen LogP contribution in [0, 0.1) is 22.7 Å². The van der Waals surface area contributed by atoms with Crippen molar-refractivity contribution in [3.63, 3.8) is 0 Å². The molecule has 3 aromatic carbocycles. The Morgan fingerprint density at radius 3 is 2.34 bits per heavy atom. The van der Waals surface area contributed by atoms with Gasteiger partial charge in [0.15, 0.2) is 0 Å². The Hall–Kier alpha value is -4.41. The first-order chi connectivity index (χ1) is 14.3. The molecule has 134 valence electrons. The third-order valence-electron chi connectivity index (χ3n) is 5.09. The Bertz CT molecular complexity index is 1480. The summed E-state index contributed by atoms with van der Waals surface area (Å²) in [6, 6.07) is 30.0. The quantitative estimate of drug-likeness (QED) is 0.407. The summed E-state index contributed by atoms with van der Waals surface area (Å²) in [7, 11) is 0. The summed E-state index contributed by atoms with van der Waals surface area (Å²) in [5.41, 5.74) is 6.06. The Kier molecular flexibility index (Phi) is 3.83. The minimum Gasteiger partial charge on any atom is -0.309 e. The monoisotopic (exact) mass is 370 g/mol. The Balaban J connectivity index is 1.78. The predicted octanol–water partition coefficient (Wildman–Crippen LogP) is 5.59. The van der Waals surface area contributed by atoms with Crippen LogP contribution in [-0.4, -0.2) is 9.55 Å².